The minimum Gasteiger partial charge on any atom is -0.361 e. The first kappa shape index (κ1) is 30.1. The van der Waals surface area contributed by atoms with E-state index in [1.165, 1.54) is 0 Å². The van der Waals surface area contributed by atoms with Gasteiger partial charge in [0, 0.05) is 48.1 Å². The molecule has 1 aliphatic heterocycles. The number of H-pyrrole nitrogens is 1. The van der Waals surface area contributed by atoms with Crippen LogP contribution in [0.15, 0.2) is 90.0 Å². The lowest BCUT2D eigenvalue weighted by Gasteiger charge is -2.41. The molecule has 2 aliphatic rings. The van der Waals surface area contributed by atoms with E-state index in [-0.39, 0.29) is 28.2 Å². The molecule has 2 heterocycles. The van der Waals surface area contributed by atoms with Crippen molar-refractivity contribution in [2.45, 2.75) is 67.5 Å². The smallest absolute Gasteiger partial charge is 0.245 e. The van der Waals surface area contributed by atoms with Crippen LogP contribution in [0.3, 0.4) is 0 Å². The van der Waals surface area contributed by atoms with Gasteiger partial charge in [-0.2, -0.15) is 0 Å². The van der Waals surface area contributed by atoms with Crippen molar-refractivity contribution < 1.29 is 18.0 Å². The summed E-state index contributed by atoms with van der Waals surface area (Å²) in [5, 5.41) is 3.95. The summed E-state index contributed by atoms with van der Waals surface area (Å²) in [6.45, 7) is 4.25. The van der Waals surface area contributed by atoms with Gasteiger partial charge < -0.3 is 20.9 Å². The van der Waals surface area contributed by atoms with Crippen molar-refractivity contribution in [2.24, 2.45) is 5.73 Å². The normalized spacial score (nSPS) is 18.7. The molecule has 230 valence electrons. The fourth-order valence-electron chi connectivity index (χ4n) is 6.77. The summed E-state index contributed by atoms with van der Waals surface area (Å²) in [4.78, 5) is 32.4. The van der Waals surface area contributed by atoms with E-state index in [0.717, 1.165) is 27.6 Å². The molecule has 1 spiro atoms. The monoisotopic (exact) mass is 613 g/mol. The maximum Gasteiger partial charge on any atom is 0.245 e. The van der Waals surface area contributed by atoms with Crippen LogP contribution in [0.25, 0.3) is 10.9 Å². The Balaban J connectivity index is 1.21. The highest BCUT2D eigenvalue weighted by atomic mass is 32.2. The molecule has 1 saturated heterocycles. The average Bonchev–Trinajstić information content (AvgIpc) is 3.55. The topological polar surface area (TPSA) is 137 Å². The number of amides is 2. The molecule has 1 unspecified atom stereocenters. The quantitative estimate of drug-likeness (QED) is 0.239. The Bertz CT molecular complexity index is 1790. The molecule has 3 aromatic carbocycles. The zero-order valence-electron chi connectivity index (χ0n) is 25.0. The molecule has 2 amide bonds. The first-order valence-electron chi connectivity index (χ1n) is 15.1. The number of sulfonamides is 1. The van der Waals surface area contributed by atoms with Crippen LogP contribution in [-0.2, 0) is 31.4 Å². The highest BCUT2D eigenvalue weighted by Gasteiger charge is 2.47. The number of nitrogens with zero attached hydrogens (tertiary/aromatic N) is 1. The lowest BCUT2D eigenvalue weighted by Crippen LogP contribution is -2.58. The van der Waals surface area contributed by atoms with Gasteiger partial charge in [0.1, 0.15) is 6.04 Å². The van der Waals surface area contributed by atoms with Crippen LogP contribution >= 0.6 is 0 Å². The Hall–Kier alpha value is -3.99. The van der Waals surface area contributed by atoms with E-state index in [1.807, 2.05) is 53.6 Å². The second-order valence-electron chi connectivity index (χ2n) is 12.7. The summed E-state index contributed by atoms with van der Waals surface area (Å²) in [5.74, 6) is -0.530. The molecule has 4 aromatic rings. The van der Waals surface area contributed by atoms with Gasteiger partial charge in [0.25, 0.3) is 0 Å². The van der Waals surface area contributed by atoms with Crippen LogP contribution in [0.2, 0.25) is 0 Å². The zero-order chi connectivity index (χ0) is 31.1. The molecule has 10 heteroatoms. The summed E-state index contributed by atoms with van der Waals surface area (Å²) < 4.78 is 29.4. The number of aromatic amines is 1. The van der Waals surface area contributed by atoms with E-state index in [2.05, 4.69) is 21.1 Å². The molecule has 44 heavy (non-hydrogen) atoms. The number of likely N-dealkylation sites (tertiary alicyclic amines) is 1. The van der Waals surface area contributed by atoms with Gasteiger partial charge in [-0.15, -0.1) is 0 Å². The predicted octanol–water partition coefficient (Wildman–Crippen LogP) is 3.92. The number of piperidine rings is 1. The molecule has 0 radical (unpaired) electrons. The van der Waals surface area contributed by atoms with E-state index in [9.17, 15) is 18.0 Å². The van der Waals surface area contributed by atoms with Gasteiger partial charge in [0.15, 0.2) is 0 Å². The number of nitrogens with two attached hydrogens (primary N) is 1. The predicted molar refractivity (Wildman–Crippen MR) is 170 cm³/mol. The van der Waals surface area contributed by atoms with Gasteiger partial charge in [0.2, 0.25) is 21.8 Å². The molecule has 1 aliphatic carbocycles. The third-order valence-corrected chi connectivity index (χ3v) is 10.7. The molecular formula is C34H39N5O4S. The maximum absolute atomic E-state index is 14.0. The molecule has 9 nitrogen and oxygen atoms in total. The number of benzene rings is 3. The van der Waals surface area contributed by atoms with Gasteiger partial charge >= 0.3 is 0 Å². The highest BCUT2D eigenvalue weighted by Crippen LogP contribution is 2.51. The number of hydrogen-bond donors (Lipinski definition) is 4. The van der Waals surface area contributed by atoms with E-state index in [0.29, 0.717) is 38.8 Å². The number of nitrogens with one attached hydrogen (secondary N) is 3. The van der Waals surface area contributed by atoms with Crippen molar-refractivity contribution in [3.05, 3.63) is 102 Å². The second-order valence-corrected chi connectivity index (χ2v) is 14.4. The molecule has 0 saturated carbocycles. The Morgan fingerprint density at radius 1 is 1.00 bits per heavy atom. The summed E-state index contributed by atoms with van der Waals surface area (Å²) in [5.41, 5.74) is 8.74. The summed E-state index contributed by atoms with van der Waals surface area (Å²) in [6.07, 6.45) is 4.22. The summed E-state index contributed by atoms with van der Waals surface area (Å²) in [7, 11) is -3.71. The molecule has 1 fully saturated rings. The van der Waals surface area contributed by atoms with E-state index >= 15 is 0 Å². The minimum absolute atomic E-state index is 0.143. The van der Waals surface area contributed by atoms with Crippen LogP contribution in [0.1, 0.15) is 55.8 Å². The van der Waals surface area contributed by atoms with Gasteiger partial charge in [-0.1, -0.05) is 60.7 Å². The first-order valence-corrected chi connectivity index (χ1v) is 16.6. The Morgan fingerprint density at radius 2 is 1.66 bits per heavy atom. The van der Waals surface area contributed by atoms with Crippen molar-refractivity contribution in [2.75, 3.05) is 13.1 Å². The summed E-state index contributed by atoms with van der Waals surface area (Å²) >= 11 is 0. The average molecular weight is 614 g/mol. The second kappa shape index (κ2) is 11.5. The number of carbonyl (C=O) groups excluding carboxylic acids is 2. The van der Waals surface area contributed by atoms with Gasteiger partial charge in [0.05, 0.1) is 10.4 Å². The minimum atomic E-state index is -3.71. The Kier molecular flexibility index (Phi) is 7.85. The fraction of sp³-hybridized carbons (Fsp3) is 0.353. The molecule has 6 rings (SSSR count). The first-order chi connectivity index (χ1) is 21.0. The van der Waals surface area contributed by atoms with Crippen molar-refractivity contribution in [1.82, 2.24) is 19.9 Å². The van der Waals surface area contributed by atoms with Crippen molar-refractivity contribution >= 4 is 32.7 Å². The van der Waals surface area contributed by atoms with Crippen molar-refractivity contribution in [1.29, 1.82) is 0 Å². The SMILES string of the molecule is CC(C)(N)C(=O)NC(Cc1c[nH]c2ccccc12)C(=O)N1CCC2(CC1)C[C@@H](NS(=O)(=O)c1ccccc1)c1ccccc12. The fourth-order valence-corrected chi connectivity index (χ4v) is 8.00. The van der Waals surface area contributed by atoms with Crippen molar-refractivity contribution in [3.8, 4) is 0 Å². The molecular weight excluding hydrogens is 574 g/mol. The molecule has 2 atom stereocenters. The molecule has 0 bridgehead atoms. The molecule has 5 N–H and O–H groups in total. The Morgan fingerprint density at radius 3 is 2.39 bits per heavy atom. The number of carbonyl (C=O) groups is 2. The van der Waals surface area contributed by atoms with Gasteiger partial charge in [-0.25, -0.2) is 13.1 Å². The van der Waals surface area contributed by atoms with E-state index < -0.39 is 21.6 Å². The van der Waals surface area contributed by atoms with Crippen LogP contribution in [0, 0.1) is 0 Å². The number of fused-ring (bicyclic) bond motifs is 3. The number of hydrogen-bond acceptors (Lipinski definition) is 5. The standard InChI is InChI=1S/C34H39N5O4S/c1-33(2,35)32(41)37-29(20-23-22-36-28-15-9-7-12-25(23)28)31(40)39-18-16-34(17-19-39)21-30(26-13-6-8-14-27(26)34)38-44(42,43)24-10-4-3-5-11-24/h3-15,22,29-30,36,38H,16-21,35H2,1-2H3,(H,37,41)/t29?,30-/m1/s1. The number of para-hydroxylation sites is 1. The third-order valence-electron chi connectivity index (χ3n) is 9.17. The van der Waals surface area contributed by atoms with Gasteiger partial charge in [-0.3, -0.25) is 9.59 Å². The van der Waals surface area contributed by atoms with Crippen molar-refractivity contribution in [3.63, 3.8) is 0 Å². The van der Waals surface area contributed by atoms with Crippen LogP contribution in [0.5, 0.6) is 0 Å². The number of rotatable bonds is 8. The van der Waals surface area contributed by atoms with Crippen LogP contribution < -0.4 is 15.8 Å². The van der Waals surface area contributed by atoms with Crippen LogP contribution in [0.4, 0.5) is 0 Å². The van der Waals surface area contributed by atoms with Crippen LogP contribution in [-0.4, -0.2) is 54.8 Å². The van der Waals surface area contributed by atoms with E-state index in [1.54, 1.807) is 44.2 Å². The lowest BCUT2D eigenvalue weighted by molar-refractivity contribution is -0.138. The van der Waals surface area contributed by atoms with Gasteiger partial charge in [-0.05, 0) is 68.0 Å². The Labute approximate surface area is 258 Å². The maximum atomic E-state index is 14.0. The highest BCUT2D eigenvalue weighted by molar-refractivity contribution is 7.89. The lowest BCUT2D eigenvalue weighted by atomic mass is 9.73. The third kappa shape index (κ3) is 5.77. The largest absolute Gasteiger partial charge is 0.361 e. The number of aromatic nitrogens is 1. The van der Waals surface area contributed by atoms with E-state index in [4.69, 9.17) is 5.73 Å². The summed E-state index contributed by atoms with van der Waals surface area (Å²) in [6, 6.07) is 23.2. The zero-order valence-corrected chi connectivity index (χ0v) is 25.9. The molecule has 1 aromatic heterocycles.